The van der Waals surface area contributed by atoms with Gasteiger partial charge < -0.3 is 5.11 Å². The van der Waals surface area contributed by atoms with E-state index in [0.29, 0.717) is 0 Å². The molecule has 3 nitrogen and oxygen atoms in total. The maximum absolute atomic E-state index is 10.7. The smallest absolute Gasteiger partial charge is 0.307 e. The molecule has 0 aliphatic carbocycles. The zero-order valence-corrected chi connectivity index (χ0v) is 12.0. The Morgan fingerprint density at radius 3 is 2.52 bits per heavy atom. The number of pyridine rings is 1. The highest BCUT2D eigenvalue weighted by atomic mass is 32.2. The van der Waals surface area contributed by atoms with Crippen LogP contribution in [0, 0.1) is 0 Å². The number of hydrogen-bond donors (Lipinski definition) is 1. The van der Waals surface area contributed by atoms with Gasteiger partial charge in [-0.2, -0.15) is 0 Å². The molecule has 0 aliphatic heterocycles. The summed E-state index contributed by atoms with van der Waals surface area (Å²) in [6, 6.07) is 19.6. The molecule has 1 aromatic heterocycles. The molecule has 4 heteroatoms. The summed E-state index contributed by atoms with van der Waals surface area (Å²) in [6.07, 6.45) is 0.0547. The van der Waals surface area contributed by atoms with Crippen LogP contribution < -0.4 is 0 Å². The number of carbonyl (C=O) groups is 1. The minimum atomic E-state index is -0.813. The van der Waals surface area contributed by atoms with E-state index in [4.69, 9.17) is 5.11 Å². The topological polar surface area (TPSA) is 50.2 Å². The van der Waals surface area contributed by atoms with Crippen molar-refractivity contribution in [2.75, 3.05) is 0 Å². The third-order valence-corrected chi connectivity index (χ3v) is 4.02. The maximum Gasteiger partial charge on any atom is 0.307 e. The number of aliphatic carboxylic acids is 1. The minimum Gasteiger partial charge on any atom is -0.481 e. The van der Waals surface area contributed by atoms with Gasteiger partial charge in [-0.3, -0.25) is 4.79 Å². The van der Waals surface area contributed by atoms with Crippen LogP contribution in [-0.4, -0.2) is 16.1 Å². The average Bonchev–Trinajstić information content (AvgIpc) is 2.49. The molecule has 0 saturated carbocycles. The molecule has 0 fully saturated rings. The molecule has 104 valence electrons. The highest BCUT2D eigenvalue weighted by Gasteiger charge is 2.03. The number of fused-ring (bicyclic) bond motifs is 1. The number of hydrogen-bond acceptors (Lipinski definition) is 3. The van der Waals surface area contributed by atoms with E-state index < -0.39 is 5.97 Å². The molecule has 2 aromatic carbocycles. The van der Waals surface area contributed by atoms with Crippen LogP contribution in [0.25, 0.3) is 10.9 Å². The summed E-state index contributed by atoms with van der Waals surface area (Å²) in [6.45, 7) is 0. The van der Waals surface area contributed by atoms with Crippen molar-refractivity contribution in [1.82, 2.24) is 4.98 Å². The van der Waals surface area contributed by atoms with Crippen LogP contribution in [0.3, 0.4) is 0 Å². The van der Waals surface area contributed by atoms with Gasteiger partial charge in [0.2, 0.25) is 0 Å². The van der Waals surface area contributed by atoms with Gasteiger partial charge in [0.1, 0.15) is 5.03 Å². The zero-order chi connectivity index (χ0) is 14.7. The molecule has 0 amide bonds. The third kappa shape index (κ3) is 3.41. The lowest BCUT2D eigenvalue weighted by atomic mass is 10.2. The lowest BCUT2D eigenvalue weighted by molar-refractivity contribution is -0.136. The standard InChI is InChI=1S/C17H13NO2S/c19-17(20)11-12-5-8-14(9-6-12)21-16-10-7-13-3-1-2-4-15(13)18-16/h1-10H,11H2,(H,19,20). The second kappa shape index (κ2) is 5.97. The molecule has 0 bridgehead atoms. The highest BCUT2D eigenvalue weighted by molar-refractivity contribution is 7.99. The van der Waals surface area contributed by atoms with Crippen LogP contribution in [0.5, 0.6) is 0 Å². The Hall–Kier alpha value is -2.33. The van der Waals surface area contributed by atoms with Crippen molar-refractivity contribution < 1.29 is 9.90 Å². The first kappa shape index (κ1) is 13.6. The van der Waals surface area contributed by atoms with Crippen LogP contribution in [0.4, 0.5) is 0 Å². The van der Waals surface area contributed by atoms with Crippen molar-refractivity contribution in [2.24, 2.45) is 0 Å². The van der Waals surface area contributed by atoms with Crippen molar-refractivity contribution in [3.63, 3.8) is 0 Å². The molecule has 1 N–H and O–H groups in total. The molecule has 0 radical (unpaired) electrons. The number of nitrogens with zero attached hydrogens (tertiary/aromatic N) is 1. The van der Waals surface area contributed by atoms with Gasteiger partial charge >= 0.3 is 5.97 Å². The number of aromatic nitrogens is 1. The van der Waals surface area contributed by atoms with Gasteiger partial charge in [-0.1, -0.05) is 48.2 Å². The van der Waals surface area contributed by atoms with Crippen LogP contribution in [0.15, 0.2) is 70.6 Å². The first-order valence-corrected chi connectivity index (χ1v) is 7.37. The van der Waals surface area contributed by atoms with Gasteiger partial charge in [-0.25, -0.2) is 4.98 Å². The maximum atomic E-state index is 10.7. The van der Waals surface area contributed by atoms with Crippen LogP contribution in [0.1, 0.15) is 5.56 Å². The van der Waals surface area contributed by atoms with E-state index in [2.05, 4.69) is 11.1 Å². The fraction of sp³-hybridized carbons (Fsp3) is 0.0588. The quantitative estimate of drug-likeness (QED) is 0.790. The van der Waals surface area contributed by atoms with Gasteiger partial charge in [0, 0.05) is 10.3 Å². The van der Waals surface area contributed by atoms with Gasteiger partial charge in [0.25, 0.3) is 0 Å². The molecule has 0 spiro atoms. The molecule has 0 unspecified atom stereocenters. The second-order valence-electron chi connectivity index (χ2n) is 4.66. The Kier molecular flexibility index (Phi) is 3.88. The average molecular weight is 295 g/mol. The Balaban J connectivity index is 1.79. The molecule has 1 heterocycles. The van der Waals surface area contributed by atoms with Gasteiger partial charge in [0.15, 0.2) is 0 Å². The van der Waals surface area contributed by atoms with Gasteiger partial charge in [-0.15, -0.1) is 0 Å². The van der Waals surface area contributed by atoms with Gasteiger partial charge in [-0.05, 0) is 29.8 Å². The molecule has 0 aliphatic rings. The predicted octanol–water partition coefficient (Wildman–Crippen LogP) is 4.01. The molecular formula is C17H13NO2S. The van der Waals surface area contributed by atoms with Crippen LogP contribution in [0.2, 0.25) is 0 Å². The lowest BCUT2D eigenvalue weighted by Gasteiger charge is -2.04. The van der Waals surface area contributed by atoms with E-state index in [0.717, 1.165) is 26.4 Å². The van der Waals surface area contributed by atoms with Crippen molar-refractivity contribution >= 4 is 28.6 Å². The largest absolute Gasteiger partial charge is 0.481 e. The minimum absolute atomic E-state index is 0.0547. The number of benzene rings is 2. The molecular weight excluding hydrogens is 282 g/mol. The molecule has 0 atom stereocenters. The number of rotatable bonds is 4. The fourth-order valence-corrected chi connectivity index (χ4v) is 2.87. The molecule has 0 saturated heterocycles. The van der Waals surface area contributed by atoms with Crippen molar-refractivity contribution in [2.45, 2.75) is 16.3 Å². The van der Waals surface area contributed by atoms with E-state index in [1.807, 2.05) is 54.6 Å². The van der Waals surface area contributed by atoms with Crippen molar-refractivity contribution in [3.05, 3.63) is 66.2 Å². The van der Waals surface area contributed by atoms with Crippen molar-refractivity contribution in [3.8, 4) is 0 Å². The third-order valence-electron chi connectivity index (χ3n) is 3.07. The predicted molar refractivity (Wildman–Crippen MR) is 83.6 cm³/mol. The molecule has 3 aromatic rings. The monoisotopic (exact) mass is 295 g/mol. The van der Waals surface area contributed by atoms with E-state index in [-0.39, 0.29) is 6.42 Å². The van der Waals surface area contributed by atoms with E-state index in [9.17, 15) is 4.79 Å². The van der Waals surface area contributed by atoms with Gasteiger partial charge in [0.05, 0.1) is 11.9 Å². The summed E-state index contributed by atoms with van der Waals surface area (Å²) >= 11 is 1.57. The lowest BCUT2D eigenvalue weighted by Crippen LogP contribution is -1.99. The summed E-state index contributed by atoms with van der Waals surface area (Å²) in [5, 5.41) is 10.8. The molecule has 3 rings (SSSR count). The summed E-state index contributed by atoms with van der Waals surface area (Å²) in [7, 11) is 0. The Bertz CT molecular complexity index is 784. The number of carboxylic acid groups (broad SMARTS) is 1. The SMILES string of the molecule is O=C(O)Cc1ccc(Sc2ccc3ccccc3n2)cc1. The summed E-state index contributed by atoms with van der Waals surface area (Å²) in [5.74, 6) is -0.813. The fourth-order valence-electron chi connectivity index (χ4n) is 2.07. The Morgan fingerprint density at radius 2 is 1.76 bits per heavy atom. The van der Waals surface area contributed by atoms with E-state index in [1.165, 1.54) is 0 Å². The Labute approximate surface area is 126 Å². The van der Waals surface area contributed by atoms with Crippen molar-refractivity contribution in [1.29, 1.82) is 0 Å². The normalized spacial score (nSPS) is 10.7. The second-order valence-corrected chi connectivity index (χ2v) is 5.75. The first-order chi connectivity index (χ1) is 10.2. The molecule has 21 heavy (non-hydrogen) atoms. The summed E-state index contributed by atoms with van der Waals surface area (Å²) in [4.78, 5) is 16.3. The van der Waals surface area contributed by atoms with Crippen LogP contribution in [-0.2, 0) is 11.2 Å². The van der Waals surface area contributed by atoms with Crippen LogP contribution >= 0.6 is 11.8 Å². The number of carboxylic acids is 1. The Morgan fingerprint density at radius 1 is 1.00 bits per heavy atom. The van der Waals surface area contributed by atoms with E-state index >= 15 is 0 Å². The highest BCUT2D eigenvalue weighted by Crippen LogP contribution is 2.27. The summed E-state index contributed by atoms with van der Waals surface area (Å²) in [5.41, 5.74) is 1.78. The zero-order valence-electron chi connectivity index (χ0n) is 11.2. The number of para-hydroxylation sites is 1. The first-order valence-electron chi connectivity index (χ1n) is 6.55. The van der Waals surface area contributed by atoms with E-state index in [1.54, 1.807) is 11.8 Å². The summed E-state index contributed by atoms with van der Waals surface area (Å²) < 4.78 is 0.